The second-order valence-corrected chi connectivity index (χ2v) is 5.30. The van der Waals surface area contributed by atoms with Gasteiger partial charge >= 0.3 is 0 Å². The van der Waals surface area contributed by atoms with Crippen molar-refractivity contribution in [3.8, 4) is 0 Å². The summed E-state index contributed by atoms with van der Waals surface area (Å²) in [5, 5.41) is 3.70. The Morgan fingerprint density at radius 1 is 1.17 bits per heavy atom. The summed E-state index contributed by atoms with van der Waals surface area (Å²) in [5.41, 5.74) is 1.44. The molecule has 1 unspecified atom stereocenters. The van der Waals surface area contributed by atoms with Gasteiger partial charge in [-0.25, -0.2) is 0 Å². The molecular formula is C16H26N2. The predicted octanol–water partition coefficient (Wildman–Crippen LogP) is 2.69. The first-order valence-corrected chi connectivity index (χ1v) is 7.38. The second-order valence-electron chi connectivity index (χ2n) is 5.30. The molecule has 2 heteroatoms. The number of rotatable bonds is 7. The molecular weight excluding hydrogens is 220 g/mol. The van der Waals surface area contributed by atoms with Gasteiger partial charge in [0.1, 0.15) is 0 Å². The van der Waals surface area contributed by atoms with E-state index in [-0.39, 0.29) is 0 Å². The van der Waals surface area contributed by atoms with E-state index in [0.29, 0.717) is 6.04 Å². The lowest BCUT2D eigenvalue weighted by atomic mass is 10.0. The van der Waals surface area contributed by atoms with E-state index in [0.717, 1.165) is 13.0 Å². The first-order valence-electron chi connectivity index (χ1n) is 7.38. The van der Waals surface area contributed by atoms with Crippen molar-refractivity contribution in [3.05, 3.63) is 35.9 Å². The Kier molecular flexibility index (Phi) is 5.69. The van der Waals surface area contributed by atoms with Gasteiger partial charge in [0.2, 0.25) is 0 Å². The standard InChI is InChI=1S/C16H26N2/c1-2-16(14-15-8-4-3-5-9-15)17-10-13-18-11-6-7-12-18/h3-5,8-9,16-17H,2,6-7,10-14H2,1H3. The van der Waals surface area contributed by atoms with Gasteiger partial charge in [-0.05, 0) is 44.3 Å². The van der Waals surface area contributed by atoms with E-state index in [1.54, 1.807) is 0 Å². The van der Waals surface area contributed by atoms with E-state index in [2.05, 4.69) is 47.5 Å². The summed E-state index contributed by atoms with van der Waals surface area (Å²) >= 11 is 0. The molecule has 1 fully saturated rings. The Bertz CT molecular complexity index is 317. The second kappa shape index (κ2) is 7.55. The maximum absolute atomic E-state index is 3.70. The van der Waals surface area contributed by atoms with Crippen LogP contribution in [0.25, 0.3) is 0 Å². The van der Waals surface area contributed by atoms with Crippen LogP contribution < -0.4 is 5.32 Å². The van der Waals surface area contributed by atoms with E-state index in [1.807, 2.05) is 0 Å². The third kappa shape index (κ3) is 4.43. The van der Waals surface area contributed by atoms with Crippen LogP contribution in [0.2, 0.25) is 0 Å². The zero-order chi connectivity index (χ0) is 12.6. The van der Waals surface area contributed by atoms with Crippen molar-refractivity contribution >= 4 is 0 Å². The maximum atomic E-state index is 3.70. The Morgan fingerprint density at radius 3 is 2.56 bits per heavy atom. The Hall–Kier alpha value is -0.860. The van der Waals surface area contributed by atoms with Gasteiger partial charge in [0, 0.05) is 19.1 Å². The quantitative estimate of drug-likeness (QED) is 0.796. The third-order valence-electron chi connectivity index (χ3n) is 3.88. The number of hydrogen-bond donors (Lipinski definition) is 1. The first-order chi connectivity index (χ1) is 8.88. The molecule has 1 aliphatic rings. The van der Waals surface area contributed by atoms with Crippen molar-refractivity contribution in [3.63, 3.8) is 0 Å². The van der Waals surface area contributed by atoms with Crippen LogP contribution in [-0.4, -0.2) is 37.1 Å². The van der Waals surface area contributed by atoms with E-state index in [4.69, 9.17) is 0 Å². The van der Waals surface area contributed by atoms with Crippen LogP contribution in [0.5, 0.6) is 0 Å². The zero-order valence-corrected chi connectivity index (χ0v) is 11.6. The highest BCUT2D eigenvalue weighted by Crippen LogP contribution is 2.07. The topological polar surface area (TPSA) is 15.3 Å². The highest BCUT2D eigenvalue weighted by Gasteiger charge is 2.12. The van der Waals surface area contributed by atoms with E-state index < -0.39 is 0 Å². The van der Waals surface area contributed by atoms with Crippen LogP contribution in [0.3, 0.4) is 0 Å². The van der Waals surface area contributed by atoms with Gasteiger partial charge in [-0.1, -0.05) is 37.3 Å². The molecule has 1 aromatic rings. The first kappa shape index (κ1) is 13.6. The van der Waals surface area contributed by atoms with Gasteiger partial charge in [-0.2, -0.15) is 0 Å². The number of nitrogens with zero attached hydrogens (tertiary/aromatic N) is 1. The molecule has 2 nitrogen and oxygen atoms in total. The molecule has 1 aromatic carbocycles. The van der Waals surface area contributed by atoms with Crippen molar-refractivity contribution in [2.24, 2.45) is 0 Å². The summed E-state index contributed by atoms with van der Waals surface area (Å²) in [5.74, 6) is 0. The number of hydrogen-bond acceptors (Lipinski definition) is 2. The van der Waals surface area contributed by atoms with Crippen LogP contribution in [0.1, 0.15) is 31.7 Å². The predicted molar refractivity (Wildman–Crippen MR) is 77.9 cm³/mol. The zero-order valence-electron chi connectivity index (χ0n) is 11.6. The molecule has 0 aromatic heterocycles. The van der Waals surface area contributed by atoms with Crippen molar-refractivity contribution in [1.82, 2.24) is 10.2 Å². The molecule has 0 aliphatic carbocycles. The lowest BCUT2D eigenvalue weighted by molar-refractivity contribution is 0.325. The summed E-state index contributed by atoms with van der Waals surface area (Å²) in [6, 6.07) is 11.4. The largest absolute Gasteiger partial charge is 0.312 e. The average molecular weight is 246 g/mol. The smallest absolute Gasteiger partial charge is 0.0107 e. The van der Waals surface area contributed by atoms with Crippen LogP contribution in [0.4, 0.5) is 0 Å². The summed E-state index contributed by atoms with van der Waals surface area (Å²) in [6.07, 6.45) is 5.13. The van der Waals surface area contributed by atoms with E-state index >= 15 is 0 Å². The molecule has 0 radical (unpaired) electrons. The fraction of sp³-hybridized carbons (Fsp3) is 0.625. The minimum absolute atomic E-state index is 0.620. The highest BCUT2D eigenvalue weighted by molar-refractivity contribution is 5.15. The number of benzene rings is 1. The van der Waals surface area contributed by atoms with E-state index in [9.17, 15) is 0 Å². The average Bonchev–Trinajstić information content (AvgIpc) is 2.92. The van der Waals surface area contributed by atoms with Gasteiger partial charge in [0.25, 0.3) is 0 Å². The third-order valence-corrected chi connectivity index (χ3v) is 3.88. The molecule has 0 amide bonds. The Labute approximate surface area is 111 Å². The van der Waals surface area contributed by atoms with Gasteiger partial charge in [-0.3, -0.25) is 0 Å². The molecule has 1 atom stereocenters. The Morgan fingerprint density at radius 2 is 1.89 bits per heavy atom. The minimum Gasteiger partial charge on any atom is -0.312 e. The van der Waals surface area contributed by atoms with Crippen LogP contribution in [0, 0.1) is 0 Å². The minimum atomic E-state index is 0.620. The molecule has 1 N–H and O–H groups in total. The SMILES string of the molecule is CCC(Cc1ccccc1)NCCN1CCCC1. The summed E-state index contributed by atoms with van der Waals surface area (Å²) < 4.78 is 0. The lowest BCUT2D eigenvalue weighted by Crippen LogP contribution is -2.37. The normalized spacial score (nSPS) is 18.1. The fourth-order valence-corrected chi connectivity index (χ4v) is 2.69. The Balaban J connectivity index is 1.68. The summed E-state index contributed by atoms with van der Waals surface area (Å²) in [4.78, 5) is 2.57. The van der Waals surface area contributed by atoms with Crippen molar-refractivity contribution in [1.29, 1.82) is 0 Å². The maximum Gasteiger partial charge on any atom is 0.0107 e. The lowest BCUT2D eigenvalue weighted by Gasteiger charge is -2.20. The van der Waals surface area contributed by atoms with Gasteiger partial charge in [0.15, 0.2) is 0 Å². The van der Waals surface area contributed by atoms with Crippen LogP contribution in [0.15, 0.2) is 30.3 Å². The number of nitrogens with one attached hydrogen (secondary N) is 1. The van der Waals surface area contributed by atoms with E-state index in [1.165, 1.54) is 44.5 Å². The van der Waals surface area contributed by atoms with Crippen molar-refractivity contribution in [2.45, 2.75) is 38.6 Å². The molecule has 1 aliphatic heterocycles. The van der Waals surface area contributed by atoms with Crippen LogP contribution >= 0.6 is 0 Å². The molecule has 1 heterocycles. The van der Waals surface area contributed by atoms with Gasteiger partial charge in [0.05, 0.1) is 0 Å². The van der Waals surface area contributed by atoms with Gasteiger partial charge in [-0.15, -0.1) is 0 Å². The fourth-order valence-electron chi connectivity index (χ4n) is 2.69. The molecule has 1 saturated heterocycles. The highest BCUT2D eigenvalue weighted by atomic mass is 15.2. The van der Waals surface area contributed by atoms with Gasteiger partial charge < -0.3 is 10.2 Å². The molecule has 0 saturated carbocycles. The molecule has 100 valence electrons. The monoisotopic (exact) mass is 246 g/mol. The van der Waals surface area contributed by atoms with Crippen LogP contribution in [-0.2, 0) is 6.42 Å². The van der Waals surface area contributed by atoms with Crippen molar-refractivity contribution in [2.75, 3.05) is 26.2 Å². The summed E-state index contributed by atoms with van der Waals surface area (Å²) in [6.45, 7) is 7.22. The molecule has 2 rings (SSSR count). The molecule has 18 heavy (non-hydrogen) atoms. The molecule has 0 bridgehead atoms. The van der Waals surface area contributed by atoms with Crippen molar-refractivity contribution < 1.29 is 0 Å². The number of likely N-dealkylation sites (tertiary alicyclic amines) is 1. The summed E-state index contributed by atoms with van der Waals surface area (Å²) in [7, 11) is 0. The molecule has 0 spiro atoms.